The van der Waals surface area contributed by atoms with E-state index >= 15 is 0 Å². The maximum atomic E-state index is 11.0. The highest BCUT2D eigenvalue weighted by Gasteiger charge is 2.09. The number of benzene rings is 1. The minimum atomic E-state index is -0.822. The molecule has 0 fully saturated rings. The van der Waals surface area contributed by atoms with E-state index < -0.39 is 16.9 Å². The zero-order valence-electron chi connectivity index (χ0n) is 11.8. The van der Waals surface area contributed by atoms with Gasteiger partial charge in [-0.05, 0) is 25.5 Å². The topological polar surface area (TPSA) is 58.6 Å². The molecular weight excluding hydrogens is 262 g/mol. The molecule has 1 aromatic rings. The number of rotatable bonds is 8. The minimum Gasteiger partial charge on any atom is -0.491 e. The van der Waals surface area contributed by atoms with Gasteiger partial charge in [0, 0.05) is 35.4 Å². The molecule has 0 saturated heterocycles. The third kappa shape index (κ3) is 6.71. The SMILES string of the molecule is Cc1ccccc1OCC(O)CNC(C)CS(C)=O. The molecule has 0 bridgehead atoms. The molecule has 19 heavy (non-hydrogen) atoms. The highest BCUT2D eigenvalue weighted by molar-refractivity contribution is 7.84. The fourth-order valence-corrected chi connectivity index (χ4v) is 2.53. The van der Waals surface area contributed by atoms with Crippen LogP contribution in [0, 0.1) is 6.92 Å². The minimum absolute atomic E-state index is 0.124. The Hall–Kier alpha value is -0.910. The van der Waals surface area contributed by atoms with Gasteiger partial charge in [0.15, 0.2) is 0 Å². The third-order valence-electron chi connectivity index (χ3n) is 2.71. The van der Waals surface area contributed by atoms with Crippen LogP contribution in [0.2, 0.25) is 0 Å². The Bertz CT molecular complexity index is 411. The average molecular weight is 285 g/mol. The second-order valence-electron chi connectivity index (χ2n) is 4.78. The average Bonchev–Trinajstić information content (AvgIpc) is 2.34. The fraction of sp³-hybridized carbons (Fsp3) is 0.571. The zero-order chi connectivity index (χ0) is 14.3. The predicted molar refractivity (Wildman–Crippen MR) is 79.1 cm³/mol. The van der Waals surface area contributed by atoms with Crippen molar-refractivity contribution in [3.8, 4) is 5.75 Å². The molecule has 0 aliphatic rings. The molecule has 0 spiro atoms. The molecule has 5 heteroatoms. The van der Waals surface area contributed by atoms with Gasteiger partial charge in [-0.15, -0.1) is 0 Å². The molecule has 1 aromatic carbocycles. The van der Waals surface area contributed by atoms with Crippen LogP contribution in [0.5, 0.6) is 5.75 Å². The molecule has 3 unspecified atom stereocenters. The van der Waals surface area contributed by atoms with Gasteiger partial charge in [-0.2, -0.15) is 0 Å². The maximum absolute atomic E-state index is 11.0. The van der Waals surface area contributed by atoms with E-state index in [9.17, 15) is 9.32 Å². The second-order valence-corrected chi connectivity index (χ2v) is 6.26. The van der Waals surface area contributed by atoms with E-state index in [2.05, 4.69) is 5.32 Å². The van der Waals surface area contributed by atoms with Gasteiger partial charge in [-0.1, -0.05) is 18.2 Å². The van der Waals surface area contributed by atoms with Crippen molar-refractivity contribution in [2.45, 2.75) is 26.0 Å². The Kier molecular flexibility index (Phi) is 7.05. The highest BCUT2D eigenvalue weighted by Crippen LogP contribution is 2.16. The molecule has 2 N–H and O–H groups in total. The summed E-state index contributed by atoms with van der Waals surface area (Å²) in [6.07, 6.45) is 1.10. The first-order chi connectivity index (χ1) is 8.99. The number of para-hydroxylation sites is 1. The van der Waals surface area contributed by atoms with E-state index in [1.165, 1.54) is 0 Å². The van der Waals surface area contributed by atoms with E-state index in [-0.39, 0.29) is 12.6 Å². The van der Waals surface area contributed by atoms with Gasteiger partial charge in [0.05, 0.1) is 0 Å². The number of aliphatic hydroxyl groups is 1. The summed E-state index contributed by atoms with van der Waals surface area (Å²) in [4.78, 5) is 0. The molecular formula is C14H23NO3S. The van der Waals surface area contributed by atoms with Crippen molar-refractivity contribution in [3.63, 3.8) is 0 Å². The Morgan fingerprint density at radius 1 is 1.42 bits per heavy atom. The molecule has 4 nitrogen and oxygen atoms in total. The summed E-state index contributed by atoms with van der Waals surface area (Å²) >= 11 is 0. The van der Waals surface area contributed by atoms with E-state index in [0.717, 1.165) is 11.3 Å². The van der Waals surface area contributed by atoms with Crippen molar-refractivity contribution in [2.24, 2.45) is 0 Å². The Labute approximate surface area is 117 Å². The summed E-state index contributed by atoms with van der Waals surface area (Å²) < 4.78 is 16.6. The van der Waals surface area contributed by atoms with Crippen LogP contribution < -0.4 is 10.1 Å². The number of aliphatic hydroxyl groups excluding tert-OH is 1. The van der Waals surface area contributed by atoms with Crippen molar-refractivity contribution in [3.05, 3.63) is 29.8 Å². The maximum Gasteiger partial charge on any atom is 0.122 e. The monoisotopic (exact) mass is 285 g/mol. The van der Waals surface area contributed by atoms with E-state index in [4.69, 9.17) is 4.74 Å². The van der Waals surface area contributed by atoms with Crippen molar-refractivity contribution in [2.75, 3.05) is 25.2 Å². The summed E-state index contributed by atoms with van der Waals surface area (Å²) in [5.74, 6) is 1.38. The van der Waals surface area contributed by atoms with Gasteiger partial charge in [0.25, 0.3) is 0 Å². The molecule has 3 atom stereocenters. The van der Waals surface area contributed by atoms with E-state index in [1.807, 2.05) is 38.1 Å². The number of hydrogen-bond acceptors (Lipinski definition) is 4. The van der Waals surface area contributed by atoms with Crippen LogP contribution in [-0.4, -0.2) is 46.6 Å². The number of nitrogens with one attached hydrogen (secondary N) is 1. The van der Waals surface area contributed by atoms with Gasteiger partial charge >= 0.3 is 0 Å². The Morgan fingerprint density at radius 2 is 2.11 bits per heavy atom. The molecule has 0 aliphatic carbocycles. The molecule has 0 heterocycles. The fourth-order valence-electron chi connectivity index (χ4n) is 1.71. The zero-order valence-corrected chi connectivity index (χ0v) is 12.6. The first-order valence-corrected chi connectivity index (χ1v) is 8.11. The lowest BCUT2D eigenvalue weighted by Gasteiger charge is -2.17. The quantitative estimate of drug-likeness (QED) is 0.751. The molecule has 0 radical (unpaired) electrons. The van der Waals surface area contributed by atoms with Gasteiger partial charge in [-0.25, -0.2) is 0 Å². The lowest BCUT2D eigenvalue weighted by molar-refractivity contribution is 0.104. The van der Waals surface area contributed by atoms with Crippen molar-refractivity contribution in [1.29, 1.82) is 0 Å². The molecule has 0 aliphatic heterocycles. The van der Waals surface area contributed by atoms with Gasteiger partial charge in [-0.3, -0.25) is 4.21 Å². The second kappa shape index (κ2) is 8.30. The predicted octanol–water partition coefficient (Wildman–Crippen LogP) is 1.09. The number of hydrogen-bond donors (Lipinski definition) is 2. The first-order valence-electron chi connectivity index (χ1n) is 6.39. The van der Waals surface area contributed by atoms with Crippen LogP contribution in [0.15, 0.2) is 24.3 Å². The van der Waals surface area contributed by atoms with Crippen molar-refractivity contribution in [1.82, 2.24) is 5.32 Å². The Balaban J connectivity index is 2.26. The summed E-state index contributed by atoms with van der Waals surface area (Å²) in [6.45, 7) is 4.61. The summed E-state index contributed by atoms with van der Waals surface area (Å²) in [7, 11) is -0.822. The van der Waals surface area contributed by atoms with Gasteiger partial charge in [0.2, 0.25) is 0 Å². The van der Waals surface area contributed by atoms with Crippen LogP contribution in [0.1, 0.15) is 12.5 Å². The smallest absolute Gasteiger partial charge is 0.122 e. The third-order valence-corrected chi connectivity index (χ3v) is 3.68. The summed E-state index contributed by atoms with van der Waals surface area (Å²) in [5.41, 5.74) is 1.05. The molecule has 1 rings (SSSR count). The van der Waals surface area contributed by atoms with Crippen LogP contribution >= 0.6 is 0 Å². The summed E-state index contributed by atoms with van der Waals surface area (Å²) in [6, 6.07) is 7.84. The van der Waals surface area contributed by atoms with Gasteiger partial charge < -0.3 is 15.2 Å². The number of ether oxygens (including phenoxy) is 1. The molecule has 0 amide bonds. The van der Waals surface area contributed by atoms with E-state index in [0.29, 0.717) is 12.3 Å². The lowest BCUT2D eigenvalue weighted by atomic mass is 10.2. The van der Waals surface area contributed by atoms with E-state index in [1.54, 1.807) is 6.26 Å². The van der Waals surface area contributed by atoms with Crippen molar-refractivity contribution >= 4 is 10.8 Å². The Morgan fingerprint density at radius 3 is 2.74 bits per heavy atom. The number of aryl methyl sites for hydroxylation is 1. The largest absolute Gasteiger partial charge is 0.491 e. The lowest BCUT2D eigenvalue weighted by Crippen LogP contribution is -2.39. The van der Waals surface area contributed by atoms with Crippen LogP contribution in [-0.2, 0) is 10.8 Å². The van der Waals surface area contributed by atoms with Crippen LogP contribution in [0.4, 0.5) is 0 Å². The van der Waals surface area contributed by atoms with Crippen molar-refractivity contribution < 1.29 is 14.1 Å². The highest BCUT2D eigenvalue weighted by atomic mass is 32.2. The molecule has 0 aromatic heterocycles. The summed E-state index contributed by atoms with van der Waals surface area (Å²) in [5, 5.41) is 13.0. The van der Waals surface area contributed by atoms with Gasteiger partial charge in [0.1, 0.15) is 18.5 Å². The normalized spacial score (nSPS) is 15.8. The van der Waals surface area contributed by atoms with Crippen LogP contribution in [0.3, 0.4) is 0 Å². The molecule has 108 valence electrons. The standard InChI is InChI=1S/C14H23NO3S/c1-11-6-4-5-7-14(11)18-9-13(16)8-15-12(2)10-19(3)17/h4-7,12-13,15-16H,8-10H2,1-3H3. The molecule has 0 saturated carbocycles. The first kappa shape index (κ1) is 16.1. The van der Waals surface area contributed by atoms with Crippen LogP contribution in [0.25, 0.3) is 0 Å².